The third-order valence-corrected chi connectivity index (χ3v) is 5.79. The number of benzene rings is 2. The smallest absolute Gasteiger partial charge is 0.232 e. The van der Waals surface area contributed by atoms with E-state index in [-0.39, 0.29) is 11.2 Å². The zero-order chi connectivity index (χ0) is 21.9. The fourth-order valence-electron chi connectivity index (χ4n) is 3.19. The molecule has 3 N–H and O–H groups in total. The van der Waals surface area contributed by atoms with Gasteiger partial charge in [-0.15, -0.1) is 0 Å². The average Bonchev–Trinajstić information content (AvgIpc) is 3.25. The number of nitrogens with one attached hydrogen (secondary N) is 1. The van der Waals surface area contributed by atoms with Gasteiger partial charge in [-0.2, -0.15) is 20.1 Å². The van der Waals surface area contributed by atoms with Crippen LogP contribution in [0.3, 0.4) is 0 Å². The van der Waals surface area contributed by atoms with Gasteiger partial charge in [-0.05, 0) is 31.2 Å². The molecule has 3 heterocycles. The Morgan fingerprint density at radius 1 is 0.938 bits per heavy atom. The Morgan fingerprint density at radius 2 is 1.69 bits per heavy atom. The highest BCUT2D eigenvalue weighted by atomic mass is 32.2. The molecule has 0 aliphatic carbocycles. The van der Waals surface area contributed by atoms with Gasteiger partial charge in [0.15, 0.2) is 5.65 Å². The summed E-state index contributed by atoms with van der Waals surface area (Å²) < 4.78 is 1.80. The molecule has 0 fully saturated rings. The molecule has 9 nitrogen and oxygen atoms in total. The van der Waals surface area contributed by atoms with Crippen molar-refractivity contribution >= 4 is 40.4 Å². The van der Waals surface area contributed by atoms with Crippen LogP contribution >= 0.6 is 11.8 Å². The number of nitrogens with zero attached hydrogens (tertiary/aromatic N) is 7. The quantitative estimate of drug-likeness (QED) is 0.295. The van der Waals surface area contributed by atoms with E-state index in [1.807, 2.05) is 67.6 Å². The average molecular weight is 442 g/mol. The Balaban J connectivity index is 1.43. The second kappa shape index (κ2) is 8.60. The molecule has 0 radical (unpaired) electrons. The standard InChI is InChI=1S/C22H19N9S/c1-14(18-28-21(23)30-22(29-18)27-15-8-4-2-5-9-15)32-20-17-12-26-31(19(17)24-13-25-20)16-10-6-3-7-11-16/h2-14H,1H3,(H3,23,27,28,29,30). The summed E-state index contributed by atoms with van der Waals surface area (Å²) in [5.74, 6) is 1.12. The molecule has 0 bridgehead atoms. The number of fused-ring (bicyclic) bond motifs is 1. The molecule has 0 aliphatic heterocycles. The molecule has 0 saturated carbocycles. The van der Waals surface area contributed by atoms with Crippen LogP contribution in [0.25, 0.3) is 16.7 Å². The number of hydrogen-bond donors (Lipinski definition) is 2. The van der Waals surface area contributed by atoms with Gasteiger partial charge in [0.25, 0.3) is 0 Å². The number of nitrogens with two attached hydrogens (primary N) is 1. The van der Waals surface area contributed by atoms with E-state index in [1.165, 1.54) is 11.8 Å². The largest absolute Gasteiger partial charge is 0.368 e. The van der Waals surface area contributed by atoms with Crippen LogP contribution in [0.2, 0.25) is 0 Å². The number of thioether (sulfide) groups is 1. The van der Waals surface area contributed by atoms with Gasteiger partial charge in [-0.25, -0.2) is 14.6 Å². The third kappa shape index (κ3) is 4.08. The second-order valence-electron chi connectivity index (χ2n) is 6.93. The Kier molecular flexibility index (Phi) is 5.34. The lowest BCUT2D eigenvalue weighted by atomic mass is 10.3. The molecule has 1 unspecified atom stereocenters. The highest BCUT2D eigenvalue weighted by Crippen LogP contribution is 2.36. The van der Waals surface area contributed by atoms with Crippen LogP contribution in [0.1, 0.15) is 18.0 Å². The van der Waals surface area contributed by atoms with Gasteiger partial charge >= 0.3 is 0 Å². The molecular formula is C22H19N9S. The first-order valence-corrected chi connectivity index (χ1v) is 10.8. The van der Waals surface area contributed by atoms with Crippen molar-refractivity contribution in [1.82, 2.24) is 34.7 Å². The molecule has 0 saturated heterocycles. The second-order valence-corrected chi connectivity index (χ2v) is 8.26. The molecule has 5 aromatic rings. The van der Waals surface area contributed by atoms with Crippen LogP contribution in [0.5, 0.6) is 0 Å². The number of nitrogen functional groups attached to an aromatic ring is 1. The summed E-state index contributed by atoms with van der Waals surface area (Å²) in [5.41, 5.74) is 8.50. The zero-order valence-electron chi connectivity index (χ0n) is 17.1. The molecule has 158 valence electrons. The van der Waals surface area contributed by atoms with Crippen molar-refractivity contribution in [2.75, 3.05) is 11.1 Å². The summed E-state index contributed by atoms with van der Waals surface area (Å²) >= 11 is 1.52. The summed E-state index contributed by atoms with van der Waals surface area (Å²) in [7, 11) is 0. The van der Waals surface area contributed by atoms with Gasteiger partial charge in [-0.1, -0.05) is 48.2 Å². The van der Waals surface area contributed by atoms with Crippen molar-refractivity contribution in [2.45, 2.75) is 17.2 Å². The highest BCUT2D eigenvalue weighted by Gasteiger charge is 2.18. The van der Waals surface area contributed by atoms with E-state index in [1.54, 1.807) is 17.2 Å². The zero-order valence-corrected chi connectivity index (χ0v) is 17.9. The summed E-state index contributed by atoms with van der Waals surface area (Å²) in [5, 5.41) is 9.20. The fourth-order valence-corrected chi connectivity index (χ4v) is 4.12. The maximum absolute atomic E-state index is 5.95. The van der Waals surface area contributed by atoms with E-state index >= 15 is 0 Å². The van der Waals surface area contributed by atoms with Gasteiger partial charge in [0.1, 0.15) is 17.2 Å². The molecule has 0 amide bonds. The lowest BCUT2D eigenvalue weighted by Gasteiger charge is -2.12. The highest BCUT2D eigenvalue weighted by molar-refractivity contribution is 7.99. The van der Waals surface area contributed by atoms with Crippen molar-refractivity contribution in [2.24, 2.45) is 0 Å². The van der Waals surface area contributed by atoms with E-state index in [0.717, 1.165) is 27.4 Å². The molecule has 0 spiro atoms. The fraction of sp³-hybridized carbons (Fsp3) is 0.0909. The molecule has 2 aromatic carbocycles. The first-order valence-electron chi connectivity index (χ1n) is 9.92. The van der Waals surface area contributed by atoms with E-state index in [2.05, 4.69) is 35.3 Å². The van der Waals surface area contributed by atoms with Crippen molar-refractivity contribution in [3.63, 3.8) is 0 Å². The predicted octanol–water partition coefficient (Wildman–Crippen LogP) is 4.18. The number of para-hydroxylation sites is 2. The Bertz CT molecular complexity index is 1360. The Hall–Kier alpha value is -4.05. The molecule has 3 aromatic heterocycles. The van der Waals surface area contributed by atoms with Gasteiger partial charge in [0.05, 0.1) is 22.5 Å². The van der Waals surface area contributed by atoms with Crippen LogP contribution in [0, 0.1) is 0 Å². The van der Waals surface area contributed by atoms with Gasteiger partial charge in [0.2, 0.25) is 11.9 Å². The first-order chi connectivity index (χ1) is 15.7. The Labute approximate surface area is 188 Å². The summed E-state index contributed by atoms with van der Waals surface area (Å²) in [6, 6.07) is 19.5. The molecule has 5 rings (SSSR count). The number of anilines is 3. The monoisotopic (exact) mass is 441 g/mol. The van der Waals surface area contributed by atoms with Gasteiger partial charge in [-0.3, -0.25) is 0 Å². The minimum Gasteiger partial charge on any atom is -0.368 e. The van der Waals surface area contributed by atoms with E-state index in [9.17, 15) is 0 Å². The van der Waals surface area contributed by atoms with E-state index < -0.39 is 0 Å². The van der Waals surface area contributed by atoms with Crippen molar-refractivity contribution in [3.8, 4) is 5.69 Å². The van der Waals surface area contributed by atoms with Gasteiger partial charge in [0, 0.05) is 5.69 Å². The van der Waals surface area contributed by atoms with E-state index in [0.29, 0.717) is 11.8 Å². The van der Waals surface area contributed by atoms with Crippen molar-refractivity contribution < 1.29 is 0 Å². The molecular weight excluding hydrogens is 422 g/mol. The minimum absolute atomic E-state index is 0.130. The van der Waals surface area contributed by atoms with Crippen molar-refractivity contribution in [1.29, 1.82) is 0 Å². The molecule has 0 aliphatic rings. The maximum atomic E-state index is 5.95. The lowest BCUT2D eigenvalue weighted by molar-refractivity contribution is 0.889. The molecule has 32 heavy (non-hydrogen) atoms. The van der Waals surface area contributed by atoms with Crippen LogP contribution < -0.4 is 11.1 Å². The van der Waals surface area contributed by atoms with Crippen LogP contribution in [0.15, 0.2) is 78.2 Å². The molecule has 1 atom stereocenters. The number of rotatable bonds is 6. The predicted molar refractivity (Wildman–Crippen MR) is 125 cm³/mol. The lowest BCUT2D eigenvalue weighted by Crippen LogP contribution is -2.08. The van der Waals surface area contributed by atoms with Crippen LogP contribution in [0.4, 0.5) is 17.6 Å². The first kappa shape index (κ1) is 19.9. The summed E-state index contributed by atoms with van der Waals surface area (Å²) in [4.78, 5) is 22.0. The summed E-state index contributed by atoms with van der Waals surface area (Å²) in [6.07, 6.45) is 3.32. The van der Waals surface area contributed by atoms with Crippen LogP contribution in [-0.4, -0.2) is 34.7 Å². The SMILES string of the molecule is CC(Sc1ncnc2c1cnn2-c1ccccc1)c1nc(N)nc(Nc2ccccc2)n1. The Morgan fingerprint density at radius 3 is 2.47 bits per heavy atom. The number of hydrogen-bond acceptors (Lipinski definition) is 9. The third-order valence-electron chi connectivity index (χ3n) is 4.68. The minimum atomic E-state index is -0.130. The normalized spacial score (nSPS) is 12.0. The maximum Gasteiger partial charge on any atom is 0.232 e. The summed E-state index contributed by atoms with van der Waals surface area (Å²) in [6.45, 7) is 2.00. The van der Waals surface area contributed by atoms with E-state index in [4.69, 9.17) is 5.73 Å². The number of aromatic nitrogens is 7. The van der Waals surface area contributed by atoms with Crippen LogP contribution in [-0.2, 0) is 0 Å². The molecule has 10 heteroatoms. The van der Waals surface area contributed by atoms with Gasteiger partial charge < -0.3 is 11.1 Å². The topological polar surface area (TPSA) is 120 Å². The van der Waals surface area contributed by atoms with Crippen molar-refractivity contribution in [3.05, 3.63) is 79.0 Å².